The fraction of sp³-hybridized carbons (Fsp3) is 0.409. The van der Waals surface area contributed by atoms with Gasteiger partial charge >= 0.3 is 0 Å². The number of likely N-dealkylation sites (tertiary alicyclic amines) is 1. The Bertz CT molecular complexity index is 1080. The van der Waals surface area contributed by atoms with Gasteiger partial charge in [0.2, 0.25) is 0 Å². The minimum absolute atomic E-state index is 0.0651. The molecule has 1 fully saturated rings. The Kier molecular flexibility index (Phi) is 5.84. The lowest BCUT2D eigenvalue weighted by Crippen LogP contribution is -2.44. The molecule has 1 atom stereocenters. The van der Waals surface area contributed by atoms with Crippen LogP contribution in [0.1, 0.15) is 49.1 Å². The van der Waals surface area contributed by atoms with Gasteiger partial charge < -0.3 is 14.2 Å². The summed E-state index contributed by atoms with van der Waals surface area (Å²) in [4.78, 5) is 18.8. The van der Waals surface area contributed by atoms with E-state index in [0.29, 0.717) is 43.1 Å². The van der Waals surface area contributed by atoms with Gasteiger partial charge in [0.05, 0.1) is 11.1 Å². The predicted molar refractivity (Wildman–Crippen MR) is 107 cm³/mol. The summed E-state index contributed by atoms with van der Waals surface area (Å²) in [5.41, 5.74) is 0.908. The number of hydrogen-bond donors (Lipinski definition) is 0. The van der Waals surface area contributed by atoms with Crippen LogP contribution in [0, 0.1) is 12.7 Å². The molecule has 9 heteroatoms. The Labute approximate surface area is 177 Å². The second kappa shape index (κ2) is 8.56. The second-order valence-electron chi connectivity index (χ2n) is 7.70. The van der Waals surface area contributed by atoms with Crippen molar-refractivity contribution in [1.29, 1.82) is 0 Å². The zero-order valence-corrected chi connectivity index (χ0v) is 17.1. The Hall–Kier alpha value is -3.10. The van der Waals surface area contributed by atoms with Crippen molar-refractivity contribution in [3.05, 3.63) is 53.1 Å². The van der Waals surface area contributed by atoms with Gasteiger partial charge in [0, 0.05) is 30.3 Å². The first kappa shape index (κ1) is 21.1. The number of ether oxygens (including phenoxy) is 1. The Morgan fingerprint density at radius 3 is 2.55 bits per heavy atom. The molecule has 1 aliphatic heterocycles. The maximum absolute atomic E-state index is 13.6. The second-order valence-corrected chi connectivity index (χ2v) is 7.70. The first-order valence-electron chi connectivity index (χ1n) is 10.1. The maximum atomic E-state index is 13.6. The number of fused-ring (bicyclic) bond motifs is 1. The first-order chi connectivity index (χ1) is 14.8. The molecule has 1 aromatic carbocycles. The molecule has 3 heterocycles. The zero-order chi connectivity index (χ0) is 22.1. The fourth-order valence-corrected chi connectivity index (χ4v) is 3.95. The van der Waals surface area contributed by atoms with Crippen LogP contribution in [0.4, 0.5) is 13.2 Å². The van der Waals surface area contributed by atoms with Crippen LogP contribution in [-0.2, 0) is 4.79 Å². The van der Waals surface area contributed by atoms with E-state index >= 15 is 0 Å². The highest BCUT2D eigenvalue weighted by Crippen LogP contribution is 2.35. The van der Waals surface area contributed by atoms with Gasteiger partial charge in [0.15, 0.2) is 6.10 Å². The Morgan fingerprint density at radius 1 is 1.23 bits per heavy atom. The number of aromatic nitrogens is 2. The number of rotatable bonds is 5. The maximum Gasteiger partial charge on any atom is 0.264 e. The topological polar surface area (TPSA) is 68.5 Å². The van der Waals surface area contributed by atoms with Crippen LogP contribution in [0.25, 0.3) is 11.1 Å². The highest BCUT2D eigenvalue weighted by atomic mass is 19.3. The number of benzene rings is 1. The van der Waals surface area contributed by atoms with E-state index in [1.165, 1.54) is 30.3 Å². The van der Waals surface area contributed by atoms with Crippen LogP contribution in [0.3, 0.4) is 0 Å². The molecule has 1 aliphatic rings. The summed E-state index contributed by atoms with van der Waals surface area (Å²) in [5, 5.41) is 4.02. The van der Waals surface area contributed by atoms with Crippen LogP contribution < -0.4 is 4.74 Å². The van der Waals surface area contributed by atoms with Gasteiger partial charge in [-0.05, 0) is 57.0 Å². The number of halogens is 3. The minimum atomic E-state index is -2.66. The van der Waals surface area contributed by atoms with E-state index in [2.05, 4.69) is 10.1 Å². The number of amides is 1. The number of carbonyl (C=O) groups is 1. The molecule has 1 unspecified atom stereocenters. The van der Waals surface area contributed by atoms with Crippen LogP contribution in [-0.4, -0.2) is 40.1 Å². The summed E-state index contributed by atoms with van der Waals surface area (Å²) in [6.45, 7) is 4.17. The molecule has 6 nitrogen and oxygen atoms in total. The van der Waals surface area contributed by atoms with E-state index in [0.717, 1.165) is 0 Å². The van der Waals surface area contributed by atoms with Crippen molar-refractivity contribution in [2.24, 2.45) is 0 Å². The third kappa shape index (κ3) is 4.35. The lowest BCUT2D eigenvalue weighted by atomic mass is 9.91. The van der Waals surface area contributed by atoms with E-state index in [4.69, 9.17) is 9.26 Å². The van der Waals surface area contributed by atoms with E-state index in [-0.39, 0.29) is 34.3 Å². The number of hydrogen-bond acceptors (Lipinski definition) is 5. The first-order valence-corrected chi connectivity index (χ1v) is 10.1. The van der Waals surface area contributed by atoms with Gasteiger partial charge in [-0.25, -0.2) is 18.2 Å². The van der Waals surface area contributed by atoms with Crippen LogP contribution in [0.2, 0.25) is 0 Å². The van der Waals surface area contributed by atoms with Crippen molar-refractivity contribution in [2.75, 3.05) is 13.1 Å². The molecule has 0 aliphatic carbocycles. The average Bonchev–Trinajstić information content (AvgIpc) is 3.15. The minimum Gasteiger partial charge on any atom is -0.481 e. The lowest BCUT2D eigenvalue weighted by Gasteiger charge is -2.33. The number of carbonyl (C=O) groups excluding carboxylic acids is 1. The molecule has 31 heavy (non-hydrogen) atoms. The molecule has 4 rings (SSSR count). The molecule has 164 valence electrons. The smallest absolute Gasteiger partial charge is 0.264 e. The van der Waals surface area contributed by atoms with Crippen molar-refractivity contribution < 1.29 is 27.2 Å². The molecule has 0 N–H and O–H groups in total. The van der Waals surface area contributed by atoms with Gasteiger partial charge in [0.25, 0.3) is 18.0 Å². The summed E-state index contributed by atoms with van der Waals surface area (Å²) in [7, 11) is 0. The quantitative estimate of drug-likeness (QED) is 0.579. The largest absolute Gasteiger partial charge is 0.481 e. The van der Waals surface area contributed by atoms with Crippen molar-refractivity contribution >= 4 is 17.0 Å². The summed E-state index contributed by atoms with van der Waals surface area (Å²) in [6, 6.07) is 6.91. The number of piperidine rings is 1. The van der Waals surface area contributed by atoms with E-state index in [1.54, 1.807) is 18.7 Å². The van der Waals surface area contributed by atoms with Gasteiger partial charge in [-0.15, -0.1) is 0 Å². The van der Waals surface area contributed by atoms with Crippen molar-refractivity contribution in [3.8, 4) is 5.75 Å². The molecule has 1 amide bonds. The van der Waals surface area contributed by atoms with E-state index < -0.39 is 12.5 Å². The number of alkyl halides is 2. The summed E-state index contributed by atoms with van der Waals surface area (Å²) in [6.07, 6.45) is -2.21. The van der Waals surface area contributed by atoms with Gasteiger partial charge in [-0.1, -0.05) is 5.16 Å². The molecule has 0 radical (unpaired) electrons. The summed E-state index contributed by atoms with van der Waals surface area (Å²) < 4.78 is 50.9. The van der Waals surface area contributed by atoms with Crippen molar-refractivity contribution in [1.82, 2.24) is 15.0 Å². The van der Waals surface area contributed by atoms with Crippen LogP contribution in [0.5, 0.6) is 5.75 Å². The molecular formula is C22H22F3N3O3. The third-order valence-corrected chi connectivity index (χ3v) is 5.60. The number of aryl methyl sites for hydroxylation is 1. The Balaban J connectivity index is 1.42. The van der Waals surface area contributed by atoms with Crippen molar-refractivity contribution in [2.45, 2.75) is 45.1 Å². The number of pyridine rings is 1. The Morgan fingerprint density at radius 2 is 1.90 bits per heavy atom. The highest BCUT2D eigenvalue weighted by molar-refractivity contribution is 5.81. The van der Waals surface area contributed by atoms with E-state index in [1.807, 2.05) is 0 Å². The van der Waals surface area contributed by atoms with Crippen LogP contribution in [0.15, 0.2) is 34.9 Å². The summed E-state index contributed by atoms with van der Waals surface area (Å²) in [5.74, 6) is -0.206. The third-order valence-electron chi connectivity index (χ3n) is 5.60. The fourth-order valence-electron chi connectivity index (χ4n) is 3.95. The standard InChI is InChI=1S/C22H22F3N3O3/c1-12-19-17(20(24)25)11-18(26-21(19)31-27-12)14-7-9-28(10-8-14)22(29)13(2)30-16-5-3-15(23)4-6-16/h3-6,11,13-14,20H,7-10H2,1-2H3. The molecule has 1 saturated heterocycles. The molecule has 3 aromatic rings. The molecule has 0 spiro atoms. The van der Waals surface area contributed by atoms with Gasteiger partial charge in [-0.2, -0.15) is 0 Å². The molecular weight excluding hydrogens is 411 g/mol. The van der Waals surface area contributed by atoms with Crippen molar-refractivity contribution in [3.63, 3.8) is 0 Å². The lowest BCUT2D eigenvalue weighted by molar-refractivity contribution is -0.139. The normalized spacial score (nSPS) is 16.1. The van der Waals surface area contributed by atoms with Crippen LogP contribution >= 0.6 is 0 Å². The van der Waals surface area contributed by atoms with E-state index in [9.17, 15) is 18.0 Å². The SMILES string of the molecule is Cc1noc2nc(C3CCN(C(=O)C(C)Oc4ccc(F)cc4)CC3)cc(C(F)F)c12. The predicted octanol–water partition coefficient (Wildman–Crippen LogP) is 4.78. The summed E-state index contributed by atoms with van der Waals surface area (Å²) >= 11 is 0. The molecule has 0 bridgehead atoms. The number of nitrogens with zero attached hydrogens (tertiary/aromatic N) is 3. The average molecular weight is 433 g/mol. The van der Waals surface area contributed by atoms with Gasteiger partial charge in [0.1, 0.15) is 11.6 Å². The highest BCUT2D eigenvalue weighted by Gasteiger charge is 2.30. The molecule has 0 saturated carbocycles. The van der Waals surface area contributed by atoms with Gasteiger partial charge in [-0.3, -0.25) is 4.79 Å². The molecule has 2 aromatic heterocycles. The zero-order valence-electron chi connectivity index (χ0n) is 17.1. The monoisotopic (exact) mass is 433 g/mol.